The molecule has 0 aromatic carbocycles. The first-order valence-corrected chi connectivity index (χ1v) is 6.77. The standard InChI is InChI=1S/C9H19NO.C5H10O2/c1-7(2)5-8-6-9(11)3-4-10-8;1-5(2,3)7-4-6/h7-11H,3-6H2,1-2H3;4H,1-3H3. The van der Waals surface area contributed by atoms with E-state index in [-0.39, 0.29) is 11.7 Å². The van der Waals surface area contributed by atoms with Crippen LogP contribution in [0.3, 0.4) is 0 Å². The average molecular weight is 259 g/mol. The SMILES string of the molecule is CC(C)(C)OC=O.CC(C)CC1CC(O)CCN1. The molecule has 0 radical (unpaired) electrons. The molecule has 0 aliphatic carbocycles. The monoisotopic (exact) mass is 259 g/mol. The highest BCUT2D eigenvalue weighted by molar-refractivity contribution is 5.37. The molecule has 1 aliphatic heterocycles. The van der Waals surface area contributed by atoms with Gasteiger partial charge >= 0.3 is 0 Å². The van der Waals surface area contributed by atoms with Gasteiger partial charge in [0.1, 0.15) is 5.60 Å². The molecule has 0 aromatic rings. The second-order valence-electron chi connectivity index (χ2n) is 6.29. The van der Waals surface area contributed by atoms with Crippen molar-refractivity contribution in [1.29, 1.82) is 0 Å². The molecule has 4 heteroatoms. The van der Waals surface area contributed by atoms with Gasteiger partial charge in [0.25, 0.3) is 6.47 Å². The number of hydrogen-bond donors (Lipinski definition) is 2. The lowest BCUT2D eigenvalue weighted by atomic mass is 9.94. The minimum atomic E-state index is -0.318. The summed E-state index contributed by atoms with van der Waals surface area (Å²) in [5.41, 5.74) is -0.318. The van der Waals surface area contributed by atoms with Gasteiger partial charge in [0.2, 0.25) is 0 Å². The van der Waals surface area contributed by atoms with E-state index in [0.29, 0.717) is 12.5 Å². The van der Waals surface area contributed by atoms with Gasteiger partial charge in [-0.3, -0.25) is 4.79 Å². The lowest BCUT2D eigenvalue weighted by molar-refractivity contribution is -0.138. The quantitative estimate of drug-likeness (QED) is 0.762. The topological polar surface area (TPSA) is 58.6 Å². The summed E-state index contributed by atoms with van der Waals surface area (Å²) >= 11 is 0. The molecule has 0 saturated carbocycles. The molecule has 0 aromatic heterocycles. The fraction of sp³-hybridized carbons (Fsp3) is 0.929. The zero-order chi connectivity index (χ0) is 14.2. The molecule has 4 nitrogen and oxygen atoms in total. The van der Waals surface area contributed by atoms with Gasteiger partial charge in [-0.15, -0.1) is 0 Å². The van der Waals surface area contributed by atoms with E-state index in [1.54, 1.807) is 0 Å². The highest BCUT2D eigenvalue weighted by atomic mass is 16.5. The third-order valence-electron chi connectivity index (χ3n) is 2.62. The van der Waals surface area contributed by atoms with Crippen molar-refractivity contribution in [2.75, 3.05) is 6.54 Å². The van der Waals surface area contributed by atoms with Crippen molar-refractivity contribution in [3.8, 4) is 0 Å². The highest BCUT2D eigenvalue weighted by Gasteiger charge is 2.19. The molecule has 0 spiro atoms. The Morgan fingerprint density at radius 3 is 2.39 bits per heavy atom. The molecular formula is C14H29NO3. The maximum Gasteiger partial charge on any atom is 0.293 e. The minimum Gasteiger partial charge on any atom is -0.462 e. The number of nitrogens with one attached hydrogen (secondary N) is 1. The molecule has 1 rings (SSSR count). The number of aliphatic hydroxyl groups is 1. The normalized spacial score (nSPS) is 24.2. The molecule has 1 aliphatic rings. The van der Waals surface area contributed by atoms with Crippen molar-refractivity contribution in [1.82, 2.24) is 5.32 Å². The molecule has 108 valence electrons. The number of rotatable bonds is 3. The second-order valence-corrected chi connectivity index (χ2v) is 6.29. The molecule has 1 fully saturated rings. The summed E-state index contributed by atoms with van der Waals surface area (Å²) < 4.78 is 4.55. The Hall–Kier alpha value is -0.610. The van der Waals surface area contributed by atoms with Crippen LogP contribution in [0, 0.1) is 5.92 Å². The third kappa shape index (κ3) is 10.5. The minimum absolute atomic E-state index is 0.0556. The summed E-state index contributed by atoms with van der Waals surface area (Å²) in [6, 6.07) is 0.554. The Balaban J connectivity index is 0.000000360. The fourth-order valence-corrected chi connectivity index (χ4v) is 1.88. The van der Waals surface area contributed by atoms with Gasteiger partial charge in [0.05, 0.1) is 6.10 Å². The average Bonchev–Trinajstić information content (AvgIpc) is 2.15. The lowest BCUT2D eigenvalue weighted by Gasteiger charge is -2.28. The maximum atomic E-state index is 9.60. The van der Waals surface area contributed by atoms with Gasteiger partial charge in [-0.05, 0) is 52.5 Å². The van der Waals surface area contributed by atoms with E-state index >= 15 is 0 Å². The van der Waals surface area contributed by atoms with Gasteiger partial charge in [-0.25, -0.2) is 0 Å². The number of carbonyl (C=O) groups excluding carboxylic acids is 1. The summed E-state index contributed by atoms with van der Waals surface area (Å²) in [6.07, 6.45) is 3.00. The maximum absolute atomic E-state index is 9.60. The molecular weight excluding hydrogens is 230 g/mol. The van der Waals surface area contributed by atoms with E-state index in [1.807, 2.05) is 20.8 Å². The van der Waals surface area contributed by atoms with Crippen molar-refractivity contribution in [2.24, 2.45) is 5.92 Å². The summed E-state index contributed by atoms with van der Waals surface area (Å²) in [4.78, 5) is 9.60. The van der Waals surface area contributed by atoms with E-state index in [4.69, 9.17) is 0 Å². The van der Waals surface area contributed by atoms with Crippen LogP contribution in [0.5, 0.6) is 0 Å². The second kappa shape index (κ2) is 8.48. The van der Waals surface area contributed by atoms with Crippen LogP contribution in [0.1, 0.15) is 53.9 Å². The van der Waals surface area contributed by atoms with Crippen molar-refractivity contribution in [2.45, 2.75) is 71.6 Å². The molecule has 0 bridgehead atoms. The smallest absolute Gasteiger partial charge is 0.293 e. The van der Waals surface area contributed by atoms with E-state index in [2.05, 4.69) is 23.9 Å². The molecule has 1 heterocycles. The van der Waals surface area contributed by atoms with Crippen LogP contribution >= 0.6 is 0 Å². The number of piperidine rings is 1. The van der Waals surface area contributed by atoms with Crippen LogP contribution < -0.4 is 5.32 Å². The number of carbonyl (C=O) groups is 1. The van der Waals surface area contributed by atoms with Gasteiger partial charge in [0, 0.05) is 6.04 Å². The molecule has 2 atom stereocenters. The number of hydrogen-bond acceptors (Lipinski definition) is 4. The van der Waals surface area contributed by atoms with E-state index in [1.165, 1.54) is 6.42 Å². The first kappa shape index (κ1) is 17.4. The Labute approximate surface area is 111 Å². The van der Waals surface area contributed by atoms with Crippen LogP contribution in [-0.4, -0.2) is 35.9 Å². The number of ether oxygens (including phenoxy) is 1. The van der Waals surface area contributed by atoms with Crippen LogP contribution in [0.4, 0.5) is 0 Å². The molecule has 0 amide bonds. The van der Waals surface area contributed by atoms with Crippen molar-refractivity contribution in [3.63, 3.8) is 0 Å². The van der Waals surface area contributed by atoms with Crippen molar-refractivity contribution in [3.05, 3.63) is 0 Å². The largest absolute Gasteiger partial charge is 0.462 e. The first-order valence-electron chi connectivity index (χ1n) is 6.77. The summed E-state index contributed by atoms with van der Waals surface area (Å²) in [7, 11) is 0. The van der Waals surface area contributed by atoms with Crippen LogP contribution in [0.15, 0.2) is 0 Å². The van der Waals surface area contributed by atoms with Crippen LogP contribution in [0.25, 0.3) is 0 Å². The lowest BCUT2D eigenvalue weighted by Crippen LogP contribution is -2.40. The van der Waals surface area contributed by atoms with E-state index in [9.17, 15) is 9.90 Å². The summed E-state index contributed by atoms with van der Waals surface area (Å²) in [6.45, 7) is 11.4. The van der Waals surface area contributed by atoms with Gasteiger partial charge in [0.15, 0.2) is 0 Å². The van der Waals surface area contributed by atoms with Crippen molar-refractivity contribution < 1.29 is 14.6 Å². The molecule has 18 heavy (non-hydrogen) atoms. The molecule has 2 unspecified atom stereocenters. The fourth-order valence-electron chi connectivity index (χ4n) is 1.88. The Morgan fingerprint density at radius 1 is 1.44 bits per heavy atom. The van der Waals surface area contributed by atoms with Gasteiger partial charge in [-0.1, -0.05) is 13.8 Å². The van der Waals surface area contributed by atoms with E-state index in [0.717, 1.165) is 25.3 Å². The van der Waals surface area contributed by atoms with Gasteiger partial charge < -0.3 is 15.2 Å². The van der Waals surface area contributed by atoms with Crippen molar-refractivity contribution >= 4 is 6.47 Å². The Bertz CT molecular complexity index is 222. The van der Waals surface area contributed by atoms with Crippen LogP contribution in [-0.2, 0) is 9.53 Å². The predicted octanol–water partition coefficient (Wildman–Crippen LogP) is 2.10. The van der Waals surface area contributed by atoms with Crippen LogP contribution in [0.2, 0.25) is 0 Å². The zero-order valence-electron chi connectivity index (χ0n) is 12.4. The number of aliphatic hydroxyl groups excluding tert-OH is 1. The Morgan fingerprint density at radius 2 is 2.06 bits per heavy atom. The summed E-state index contributed by atoms with van der Waals surface area (Å²) in [5.74, 6) is 0.734. The summed E-state index contributed by atoms with van der Waals surface area (Å²) in [5, 5.41) is 12.8. The van der Waals surface area contributed by atoms with E-state index < -0.39 is 0 Å². The third-order valence-corrected chi connectivity index (χ3v) is 2.62. The molecule has 2 N–H and O–H groups in total. The molecule has 1 saturated heterocycles. The van der Waals surface area contributed by atoms with Gasteiger partial charge in [-0.2, -0.15) is 0 Å². The Kier molecular flexibility index (Phi) is 8.20. The highest BCUT2D eigenvalue weighted by Crippen LogP contribution is 2.14. The first-order chi connectivity index (χ1) is 8.24. The predicted molar refractivity (Wildman–Crippen MR) is 73.4 cm³/mol. The zero-order valence-corrected chi connectivity index (χ0v) is 12.4.